The quantitative estimate of drug-likeness (QED) is 0.0718. The number of likely N-dealkylation sites (tertiary alicyclic amines) is 1. The molecule has 53 heavy (non-hydrogen) atoms. The molecule has 12 nitrogen and oxygen atoms in total. The molecule has 1 saturated heterocycles. The topological polar surface area (TPSA) is 165 Å². The summed E-state index contributed by atoms with van der Waals surface area (Å²) in [7, 11) is 0. The number of aliphatic hydroxyl groups is 1. The van der Waals surface area contributed by atoms with Crippen LogP contribution in [0.5, 0.6) is 34.5 Å². The van der Waals surface area contributed by atoms with Gasteiger partial charge in [-0.05, 0) is 85.9 Å². The van der Waals surface area contributed by atoms with Gasteiger partial charge < -0.3 is 40.0 Å². The SMILES string of the molecule is C=CCN1CC[C@]23c4c5ccc(O)c4O[C@H]2/C(=N\NC(=S)Nc2ccc4c(c2)C(=O)OC42c4ccc(O)cc4Oc4cc(O)ccc42)CC[C@@]3(O)[C@H]1C5. The number of benzene rings is 4. The normalized spacial score (nSPS) is 27.0. The maximum atomic E-state index is 13.6. The predicted octanol–water partition coefficient (Wildman–Crippen LogP) is 5.05. The van der Waals surface area contributed by atoms with E-state index in [0.717, 1.165) is 17.7 Å². The molecule has 2 spiro atoms. The summed E-state index contributed by atoms with van der Waals surface area (Å²) in [5.41, 5.74) is 4.80. The number of phenolic OH excluding ortho intramolecular Hbond substituents is 3. The van der Waals surface area contributed by atoms with Crippen LogP contribution in [0.15, 0.2) is 84.5 Å². The summed E-state index contributed by atoms with van der Waals surface area (Å²) in [6, 6.07) is 17.9. The van der Waals surface area contributed by atoms with Crippen molar-refractivity contribution in [2.24, 2.45) is 5.10 Å². The predicted molar refractivity (Wildman–Crippen MR) is 197 cm³/mol. The first-order chi connectivity index (χ1) is 25.6. The Morgan fingerprint density at radius 3 is 2.47 bits per heavy atom. The number of anilines is 1. The Morgan fingerprint density at radius 2 is 1.74 bits per heavy atom. The van der Waals surface area contributed by atoms with Gasteiger partial charge in [0.15, 0.2) is 28.3 Å². The van der Waals surface area contributed by atoms with Crippen molar-refractivity contribution in [2.75, 3.05) is 18.4 Å². The van der Waals surface area contributed by atoms with Crippen molar-refractivity contribution >= 4 is 34.7 Å². The Balaban J connectivity index is 0.948. The summed E-state index contributed by atoms with van der Waals surface area (Å²) < 4.78 is 18.8. The molecule has 0 unspecified atom stereocenters. The highest BCUT2D eigenvalue weighted by molar-refractivity contribution is 7.80. The molecule has 4 heterocycles. The minimum absolute atomic E-state index is 0.0245. The number of nitrogens with one attached hydrogen (secondary N) is 2. The molecule has 6 aliphatic rings. The van der Waals surface area contributed by atoms with Crippen molar-refractivity contribution < 1.29 is 39.4 Å². The third-order valence-electron chi connectivity index (χ3n) is 12.1. The standard InChI is InChI=1S/C40H34N4O8S/c1-2-14-44-15-13-38-33-20-3-10-29(47)34(33)51-35(38)28(11-12-39(38,49)32(44)16-20)42-43-37(53)41-21-4-7-25-24(17-21)36(48)52-40(25)26-8-5-22(45)18-30(26)50-31-19-23(46)6-9-27(31)40/h2-10,17-19,32,35,45-47,49H,1,11-16H2,(H2,41,43,53)/b42-28-/t32-,35+,38+,39-/m1/s1. The van der Waals surface area contributed by atoms with Crippen molar-refractivity contribution in [3.63, 3.8) is 0 Å². The van der Waals surface area contributed by atoms with Crippen molar-refractivity contribution in [1.82, 2.24) is 10.3 Å². The summed E-state index contributed by atoms with van der Waals surface area (Å²) in [6.45, 7) is 5.35. The van der Waals surface area contributed by atoms with Crippen LogP contribution in [-0.2, 0) is 22.2 Å². The summed E-state index contributed by atoms with van der Waals surface area (Å²) in [5, 5.41) is 52.0. The first-order valence-electron chi connectivity index (χ1n) is 17.5. The first kappa shape index (κ1) is 32.1. The van der Waals surface area contributed by atoms with Crippen LogP contribution >= 0.6 is 12.2 Å². The molecule has 4 atom stereocenters. The number of ether oxygens (including phenoxy) is 3. The molecule has 2 fully saturated rings. The molecule has 2 bridgehead atoms. The fraction of sp³-hybridized carbons (Fsp3) is 0.275. The van der Waals surface area contributed by atoms with Gasteiger partial charge >= 0.3 is 5.97 Å². The molecule has 2 aliphatic carbocycles. The van der Waals surface area contributed by atoms with Crippen LogP contribution in [0.1, 0.15) is 57.4 Å². The van der Waals surface area contributed by atoms with Gasteiger partial charge in [-0.25, -0.2) is 4.79 Å². The molecule has 10 rings (SSSR count). The number of thiocarbonyl (C=S) groups is 1. The van der Waals surface area contributed by atoms with Gasteiger partial charge in [-0.2, -0.15) is 5.10 Å². The number of hydrogen-bond acceptors (Lipinski definition) is 11. The molecular weight excluding hydrogens is 697 g/mol. The molecule has 6 N–H and O–H groups in total. The van der Waals surface area contributed by atoms with Crippen LogP contribution < -0.4 is 20.2 Å². The lowest BCUT2D eigenvalue weighted by Crippen LogP contribution is -2.76. The van der Waals surface area contributed by atoms with Crippen LogP contribution in [0.25, 0.3) is 0 Å². The van der Waals surface area contributed by atoms with E-state index in [1.54, 1.807) is 36.4 Å². The van der Waals surface area contributed by atoms with Crippen LogP contribution in [0.2, 0.25) is 0 Å². The van der Waals surface area contributed by atoms with Gasteiger partial charge in [0, 0.05) is 59.2 Å². The van der Waals surface area contributed by atoms with E-state index in [-0.39, 0.29) is 28.4 Å². The average molecular weight is 731 g/mol. The third kappa shape index (κ3) is 4.15. The number of phenols is 3. The molecule has 0 aromatic heterocycles. The van der Waals surface area contributed by atoms with Crippen molar-refractivity contribution in [1.29, 1.82) is 0 Å². The summed E-state index contributed by atoms with van der Waals surface area (Å²) >= 11 is 5.67. The maximum Gasteiger partial charge on any atom is 0.340 e. The van der Waals surface area contributed by atoms with Gasteiger partial charge in [0.1, 0.15) is 23.0 Å². The molecule has 4 aliphatic heterocycles. The molecule has 4 aromatic carbocycles. The largest absolute Gasteiger partial charge is 0.508 e. The van der Waals surface area contributed by atoms with Crippen molar-refractivity contribution in [3.8, 4) is 34.5 Å². The Morgan fingerprint density at radius 1 is 1.00 bits per heavy atom. The lowest BCUT2D eigenvalue weighted by Gasteiger charge is -2.63. The number of carbonyl (C=O) groups excluding carboxylic acids is 1. The third-order valence-corrected chi connectivity index (χ3v) is 12.3. The fourth-order valence-corrected chi connectivity index (χ4v) is 10.2. The summed E-state index contributed by atoms with van der Waals surface area (Å²) in [6.07, 6.45) is 3.46. The van der Waals surface area contributed by atoms with E-state index in [4.69, 9.17) is 31.5 Å². The zero-order chi connectivity index (χ0) is 36.4. The smallest absolute Gasteiger partial charge is 0.340 e. The molecule has 1 saturated carbocycles. The van der Waals surface area contributed by atoms with Crippen molar-refractivity contribution in [3.05, 3.63) is 113 Å². The Kier molecular flexibility index (Phi) is 6.62. The highest BCUT2D eigenvalue weighted by Crippen LogP contribution is 2.65. The van der Waals surface area contributed by atoms with E-state index in [1.807, 2.05) is 12.1 Å². The minimum Gasteiger partial charge on any atom is -0.508 e. The van der Waals surface area contributed by atoms with E-state index in [0.29, 0.717) is 83.1 Å². The maximum absolute atomic E-state index is 13.6. The Labute approximate surface area is 308 Å². The summed E-state index contributed by atoms with van der Waals surface area (Å²) in [4.78, 5) is 15.9. The number of nitrogens with zero attached hydrogens (tertiary/aromatic N) is 2. The zero-order valence-electron chi connectivity index (χ0n) is 28.3. The lowest BCUT2D eigenvalue weighted by atomic mass is 9.49. The van der Waals surface area contributed by atoms with Crippen LogP contribution in [-0.4, -0.2) is 73.0 Å². The Hall–Kier alpha value is -5.63. The number of piperidine rings is 1. The number of esters is 1. The van der Waals surface area contributed by atoms with E-state index in [1.165, 1.54) is 24.3 Å². The second kappa shape index (κ2) is 10.9. The molecule has 0 amide bonds. The number of fused-ring (bicyclic) bond motifs is 6. The molecule has 0 radical (unpaired) electrons. The number of aromatic hydroxyl groups is 3. The van der Waals surface area contributed by atoms with Crippen molar-refractivity contribution in [2.45, 2.75) is 54.4 Å². The fourth-order valence-electron chi connectivity index (χ4n) is 9.99. The number of hydrazone groups is 1. The second-order valence-corrected chi connectivity index (χ2v) is 15.0. The van der Waals surface area contributed by atoms with Gasteiger partial charge in [-0.15, -0.1) is 6.58 Å². The highest BCUT2D eigenvalue weighted by Gasteiger charge is 2.72. The van der Waals surface area contributed by atoms with Gasteiger partial charge in [-0.3, -0.25) is 10.3 Å². The van der Waals surface area contributed by atoms with Gasteiger partial charge in [-0.1, -0.05) is 18.2 Å². The number of carbonyl (C=O) groups is 1. The number of rotatable bonds is 4. The Bertz CT molecular complexity index is 2310. The highest BCUT2D eigenvalue weighted by atomic mass is 32.1. The monoisotopic (exact) mass is 730 g/mol. The zero-order valence-corrected chi connectivity index (χ0v) is 29.1. The molecule has 13 heteroatoms. The van der Waals surface area contributed by atoms with Gasteiger partial charge in [0.25, 0.3) is 0 Å². The average Bonchev–Trinajstić information content (AvgIpc) is 3.63. The second-order valence-electron chi connectivity index (χ2n) is 14.6. The molecule has 268 valence electrons. The number of hydrogen-bond donors (Lipinski definition) is 6. The van der Waals surface area contributed by atoms with E-state index in [2.05, 4.69) is 22.2 Å². The molecule has 4 aromatic rings. The minimum atomic E-state index is -1.38. The van der Waals surface area contributed by atoms with Gasteiger partial charge in [0.2, 0.25) is 0 Å². The van der Waals surface area contributed by atoms with Gasteiger partial charge in [0.05, 0.1) is 22.3 Å². The first-order valence-corrected chi connectivity index (χ1v) is 17.9. The van der Waals surface area contributed by atoms with Crippen LogP contribution in [0, 0.1) is 0 Å². The van der Waals surface area contributed by atoms with E-state index in [9.17, 15) is 25.2 Å². The van der Waals surface area contributed by atoms with Crippen LogP contribution in [0.3, 0.4) is 0 Å². The molecular formula is C40H34N4O8S. The van der Waals surface area contributed by atoms with E-state index < -0.39 is 28.7 Å². The van der Waals surface area contributed by atoms with Crippen LogP contribution in [0.4, 0.5) is 5.69 Å². The summed E-state index contributed by atoms with van der Waals surface area (Å²) in [5.74, 6) is 0.440. The lowest BCUT2D eigenvalue weighted by molar-refractivity contribution is -0.163. The van der Waals surface area contributed by atoms with E-state index >= 15 is 0 Å².